The largest absolute Gasteiger partial charge is 0.321 e. The highest BCUT2D eigenvalue weighted by Gasteiger charge is 2.29. The number of rotatable bonds is 3. The van der Waals surface area contributed by atoms with Crippen LogP contribution < -0.4 is 10.2 Å². The van der Waals surface area contributed by atoms with Crippen LogP contribution in [0.5, 0.6) is 0 Å². The SMILES string of the molecule is CCN1C(=O)c2cccc3c(NC(=O)c4cc(Cl)sc4Cl)ccc1c23. The molecular formula is C18H12Cl2N2O2S. The molecule has 1 aliphatic rings. The van der Waals surface area contributed by atoms with Crippen molar-refractivity contribution in [2.24, 2.45) is 0 Å². The summed E-state index contributed by atoms with van der Waals surface area (Å²) in [7, 11) is 0. The Morgan fingerprint density at radius 2 is 2.04 bits per heavy atom. The molecule has 1 aromatic heterocycles. The van der Waals surface area contributed by atoms with Gasteiger partial charge in [0.25, 0.3) is 11.8 Å². The average molecular weight is 391 g/mol. The molecule has 2 heterocycles. The molecular weight excluding hydrogens is 379 g/mol. The van der Waals surface area contributed by atoms with Crippen molar-refractivity contribution >= 4 is 68.5 Å². The molecule has 0 atom stereocenters. The van der Waals surface area contributed by atoms with E-state index in [0.717, 1.165) is 27.8 Å². The monoisotopic (exact) mass is 390 g/mol. The Hall–Kier alpha value is -2.08. The molecule has 0 aliphatic carbocycles. The lowest BCUT2D eigenvalue weighted by atomic mass is 10.0. The molecule has 1 N–H and O–H groups in total. The summed E-state index contributed by atoms with van der Waals surface area (Å²) >= 11 is 13.1. The first-order chi connectivity index (χ1) is 12.0. The van der Waals surface area contributed by atoms with Crippen LogP contribution in [0.1, 0.15) is 27.6 Å². The van der Waals surface area contributed by atoms with Crippen LogP contribution in [0.4, 0.5) is 11.4 Å². The molecule has 0 saturated carbocycles. The van der Waals surface area contributed by atoms with Gasteiger partial charge in [-0.2, -0.15) is 0 Å². The van der Waals surface area contributed by atoms with E-state index < -0.39 is 0 Å². The van der Waals surface area contributed by atoms with Crippen molar-refractivity contribution in [3.05, 3.63) is 56.2 Å². The lowest BCUT2D eigenvalue weighted by Crippen LogP contribution is -2.25. The number of amides is 2. The van der Waals surface area contributed by atoms with Crippen molar-refractivity contribution in [1.82, 2.24) is 0 Å². The molecule has 0 bridgehead atoms. The Kier molecular flexibility index (Phi) is 3.95. The minimum Gasteiger partial charge on any atom is -0.321 e. The molecule has 2 aromatic carbocycles. The highest BCUT2D eigenvalue weighted by Crippen LogP contribution is 2.41. The Morgan fingerprint density at radius 1 is 1.24 bits per heavy atom. The van der Waals surface area contributed by atoms with Gasteiger partial charge in [-0.1, -0.05) is 35.3 Å². The third-order valence-corrected chi connectivity index (χ3v) is 5.74. The summed E-state index contributed by atoms with van der Waals surface area (Å²) in [6.07, 6.45) is 0. The van der Waals surface area contributed by atoms with Gasteiger partial charge in [-0.05, 0) is 31.2 Å². The number of carbonyl (C=O) groups excluding carboxylic acids is 2. The van der Waals surface area contributed by atoms with Crippen molar-refractivity contribution in [1.29, 1.82) is 0 Å². The maximum absolute atomic E-state index is 12.5. The van der Waals surface area contributed by atoms with Gasteiger partial charge in [-0.3, -0.25) is 9.59 Å². The zero-order valence-electron chi connectivity index (χ0n) is 13.1. The van der Waals surface area contributed by atoms with Gasteiger partial charge in [0, 0.05) is 28.6 Å². The molecule has 0 spiro atoms. The maximum Gasteiger partial charge on any atom is 0.258 e. The summed E-state index contributed by atoms with van der Waals surface area (Å²) in [5, 5.41) is 4.57. The molecule has 126 valence electrons. The molecule has 0 unspecified atom stereocenters. The zero-order chi connectivity index (χ0) is 17.7. The van der Waals surface area contributed by atoms with Crippen molar-refractivity contribution in [2.75, 3.05) is 16.8 Å². The summed E-state index contributed by atoms with van der Waals surface area (Å²) in [5.74, 6) is -0.343. The predicted octanol–water partition coefficient (Wildman–Crippen LogP) is 5.44. The fourth-order valence-corrected chi connectivity index (χ4v) is 4.61. The van der Waals surface area contributed by atoms with Gasteiger partial charge in [0.05, 0.1) is 15.6 Å². The summed E-state index contributed by atoms with van der Waals surface area (Å²) < 4.78 is 0.806. The standard InChI is InChI=1S/C18H12Cl2N2O2S/c1-2-22-13-7-6-12(9-4-3-5-10(15(9)13)18(22)24)21-17(23)11-8-14(19)25-16(11)20/h3-8H,2H2,1H3,(H,21,23). The molecule has 1 aliphatic heterocycles. The average Bonchev–Trinajstić information content (AvgIpc) is 3.08. The molecule has 0 saturated heterocycles. The first-order valence-electron chi connectivity index (χ1n) is 7.65. The topological polar surface area (TPSA) is 49.4 Å². The van der Waals surface area contributed by atoms with Crippen LogP contribution in [-0.2, 0) is 0 Å². The van der Waals surface area contributed by atoms with E-state index in [9.17, 15) is 9.59 Å². The van der Waals surface area contributed by atoms with Crippen molar-refractivity contribution in [3.8, 4) is 0 Å². The number of nitrogens with one attached hydrogen (secondary N) is 1. The van der Waals surface area contributed by atoms with Gasteiger partial charge in [-0.15, -0.1) is 11.3 Å². The number of nitrogens with zero attached hydrogens (tertiary/aromatic N) is 1. The number of thiophene rings is 1. The molecule has 4 rings (SSSR count). The van der Waals surface area contributed by atoms with Crippen LogP contribution in [-0.4, -0.2) is 18.4 Å². The normalized spacial score (nSPS) is 12.9. The van der Waals surface area contributed by atoms with E-state index in [4.69, 9.17) is 23.2 Å². The fourth-order valence-electron chi connectivity index (χ4n) is 3.15. The number of anilines is 2. The first-order valence-corrected chi connectivity index (χ1v) is 9.22. The van der Waals surface area contributed by atoms with Crippen LogP contribution >= 0.6 is 34.5 Å². The van der Waals surface area contributed by atoms with E-state index in [2.05, 4.69) is 5.32 Å². The molecule has 7 heteroatoms. The molecule has 3 aromatic rings. The summed E-state index contributed by atoms with van der Waals surface area (Å²) in [4.78, 5) is 26.8. The number of carbonyl (C=O) groups is 2. The first kappa shape index (κ1) is 16.4. The smallest absolute Gasteiger partial charge is 0.258 e. The molecule has 25 heavy (non-hydrogen) atoms. The van der Waals surface area contributed by atoms with E-state index in [0.29, 0.717) is 32.0 Å². The highest BCUT2D eigenvalue weighted by atomic mass is 35.5. The van der Waals surface area contributed by atoms with Gasteiger partial charge >= 0.3 is 0 Å². The molecule has 0 fully saturated rings. The number of hydrogen-bond donors (Lipinski definition) is 1. The van der Waals surface area contributed by atoms with Crippen LogP contribution in [0.3, 0.4) is 0 Å². The maximum atomic E-state index is 12.5. The minimum atomic E-state index is -0.328. The number of halogens is 2. The summed E-state index contributed by atoms with van der Waals surface area (Å²) in [5.41, 5.74) is 2.50. The second kappa shape index (κ2) is 6.02. The van der Waals surface area contributed by atoms with E-state index >= 15 is 0 Å². The molecule has 4 nitrogen and oxygen atoms in total. The van der Waals surface area contributed by atoms with Crippen LogP contribution in [0, 0.1) is 0 Å². The van der Waals surface area contributed by atoms with Gasteiger partial charge < -0.3 is 10.2 Å². The van der Waals surface area contributed by atoms with Gasteiger partial charge in [0.15, 0.2) is 0 Å². The Balaban J connectivity index is 1.80. The number of benzene rings is 2. The second-order valence-corrected chi connectivity index (χ2v) is 7.89. The number of hydrogen-bond acceptors (Lipinski definition) is 3. The second-order valence-electron chi connectivity index (χ2n) is 5.60. The third-order valence-electron chi connectivity index (χ3n) is 4.25. The van der Waals surface area contributed by atoms with Gasteiger partial charge in [0.1, 0.15) is 4.34 Å². The van der Waals surface area contributed by atoms with Crippen molar-refractivity contribution < 1.29 is 9.59 Å². The van der Waals surface area contributed by atoms with Crippen LogP contribution in [0.25, 0.3) is 10.8 Å². The zero-order valence-corrected chi connectivity index (χ0v) is 15.4. The Bertz CT molecular complexity index is 1040. The quantitative estimate of drug-likeness (QED) is 0.646. The van der Waals surface area contributed by atoms with E-state index in [1.165, 1.54) is 0 Å². The fraction of sp³-hybridized carbons (Fsp3) is 0.111. The van der Waals surface area contributed by atoms with Crippen LogP contribution in [0.2, 0.25) is 8.67 Å². The highest BCUT2D eigenvalue weighted by molar-refractivity contribution is 7.20. The Morgan fingerprint density at radius 3 is 2.72 bits per heavy atom. The molecule has 0 radical (unpaired) electrons. The van der Waals surface area contributed by atoms with E-state index in [-0.39, 0.29) is 11.8 Å². The molecule has 2 amide bonds. The van der Waals surface area contributed by atoms with Crippen molar-refractivity contribution in [2.45, 2.75) is 6.92 Å². The predicted molar refractivity (Wildman–Crippen MR) is 104 cm³/mol. The van der Waals surface area contributed by atoms with E-state index in [1.807, 2.05) is 37.3 Å². The lowest BCUT2D eigenvalue weighted by Gasteiger charge is -2.15. The van der Waals surface area contributed by atoms with Crippen LogP contribution in [0.15, 0.2) is 36.4 Å². The van der Waals surface area contributed by atoms with Crippen molar-refractivity contribution in [3.63, 3.8) is 0 Å². The summed E-state index contributed by atoms with van der Waals surface area (Å²) in [6.45, 7) is 2.53. The van der Waals surface area contributed by atoms with Gasteiger partial charge in [-0.25, -0.2) is 0 Å². The Labute approximate surface area is 158 Å². The minimum absolute atomic E-state index is 0.0146. The third kappa shape index (κ3) is 2.51. The lowest BCUT2D eigenvalue weighted by molar-refractivity contribution is 0.0992. The van der Waals surface area contributed by atoms with E-state index in [1.54, 1.807) is 11.0 Å². The van der Waals surface area contributed by atoms with Gasteiger partial charge in [0.2, 0.25) is 0 Å². The summed E-state index contributed by atoms with van der Waals surface area (Å²) in [6, 6.07) is 10.7.